The number of hydrogen-bond donors (Lipinski definition) is 1. The Bertz CT molecular complexity index is 343. The molecule has 1 aromatic carbocycles. The molecule has 16 heavy (non-hydrogen) atoms. The fourth-order valence-electron chi connectivity index (χ4n) is 3.11. The van der Waals surface area contributed by atoms with E-state index in [1.165, 1.54) is 12.8 Å². The van der Waals surface area contributed by atoms with Crippen LogP contribution in [0.5, 0.6) is 0 Å². The summed E-state index contributed by atoms with van der Waals surface area (Å²) in [7, 11) is 0. The minimum Gasteiger partial charge on any atom is -0.330 e. The molecule has 0 bridgehead atoms. The Labute approximate surface area is 99.0 Å². The molecule has 0 saturated carbocycles. The molecule has 0 amide bonds. The van der Waals surface area contributed by atoms with Crippen LogP contribution in [0.3, 0.4) is 0 Å². The summed E-state index contributed by atoms with van der Waals surface area (Å²) in [5.74, 6) is 2.21. The van der Waals surface area contributed by atoms with Crippen molar-refractivity contribution in [2.75, 3.05) is 6.54 Å². The second-order valence-corrected chi connectivity index (χ2v) is 5.33. The zero-order valence-electron chi connectivity index (χ0n) is 10.4. The van der Waals surface area contributed by atoms with Crippen LogP contribution in [-0.4, -0.2) is 6.54 Å². The first-order chi connectivity index (χ1) is 7.74. The molecule has 0 heterocycles. The van der Waals surface area contributed by atoms with Gasteiger partial charge in [0.1, 0.15) is 0 Å². The molecule has 2 atom stereocenters. The Morgan fingerprint density at radius 2 is 1.88 bits per heavy atom. The lowest BCUT2D eigenvalue weighted by atomic mass is 9.72. The zero-order chi connectivity index (χ0) is 11.5. The Kier molecular flexibility index (Phi) is 3.65. The van der Waals surface area contributed by atoms with Crippen LogP contribution in [-0.2, 0) is 0 Å². The third-order valence-corrected chi connectivity index (χ3v) is 3.98. The molecule has 1 aliphatic carbocycles. The second-order valence-electron chi connectivity index (χ2n) is 5.33. The van der Waals surface area contributed by atoms with Crippen molar-refractivity contribution in [3.8, 4) is 0 Å². The van der Waals surface area contributed by atoms with Gasteiger partial charge < -0.3 is 5.73 Å². The van der Waals surface area contributed by atoms with Crippen molar-refractivity contribution >= 4 is 0 Å². The van der Waals surface area contributed by atoms with E-state index in [0.717, 1.165) is 24.8 Å². The average molecular weight is 217 g/mol. The lowest BCUT2D eigenvalue weighted by Crippen LogP contribution is -2.20. The maximum absolute atomic E-state index is 5.71. The summed E-state index contributed by atoms with van der Waals surface area (Å²) >= 11 is 0. The Hall–Kier alpha value is -0.820. The minimum atomic E-state index is 0.705. The SMILES string of the molecule is CC(C)C1CCC(CCN)c2ccccc21. The van der Waals surface area contributed by atoms with Gasteiger partial charge in [0.15, 0.2) is 0 Å². The quantitative estimate of drug-likeness (QED) is 0.821. The molecular formula is C15H23N. The molecule has 1 heteroatoms. The molecule has 0 spiro atoms. The van der Waals surface area contributed by atoms with Crippen LogP contribution in [0.1, 0.15) is 56.1 Å². The van der Waals surface area contributed by atoms with Crippen molar-refractivity contribution in [3.63, 3.8) is 0 Å². The highest BCUT2D eigenvalue weighted by molar-refractivity contribution is 5.36. The highest BCUT2D eigenvalue weighted by Gasteiger charge is 2.27. The smallest absolute Gasteiger partial charge is 0.00714 e. The molecule has 1 aliphatic rings. The van der Waals surface area contributed by atoms with Gasteiger partial charge in [0.2, 0.25) is 0 Å². The van der Waals surface area contributed by atoms with Gasteiger partial charge in [-0.1, -0.05) is 38.1 Å². The topological polar surface area (TPSA) is 26.0 Å². The van der Waals surface area contributed by atoms with E-state index in [2.05, 4.69) is 38.1 Å². The molecule has 0 saturated heterocycles. The van der Waals surface area contributed by atoms with E-state index in [1.54, 1.807) is 11.1 Å². The van der Waals surface area contributed by atoms with Crippen molar-refractivity contribution in [1.82, 2.24) is 0 Å². The lowest BCUT2D eigenvalue weighted by Gasteiger charge is -2.33. The van der Waals surface area contributed by atoms with E-state index in [4.69, 9.17) is 5.73 Å². The number of rotatable bonds is 3. The molecule has 0 aliphatic heterocycles. The van der Waals surface area contributed by atoms with Gasteiger partial charge in [-0.3, -0.25) is 0 Å². The summed E-state index contributed by atoms with van der Waals surface area (Å²) in [5, 5.41) is 0. The molecule has 2 rings (SSSR count). The van der Waals surface area contributed by atoms with Gasteiger partial charge in [-0.15, -0.1) is 0 Å². The van der Waals surface area contributed by atoms with Crippen LogP contribution in [0.15, 0.2) is 24.3 Å². The fraction of sp³-hybridized carbons (Fsp3) is 0.600. The molecular weight excluding hydrogens is 194 g/mol. The Morgan fingerprint density at radius 3 is 2.50 bits per heavy atom. The summed E-state index contributed by atoms with van der Waals surface area (Å²) in [4.78, 5) is 0. The van der Waals surface area contributed by atoms with E-state index in [1.807, 2.05) is 0 Å². The predicted molar refractivity (Wildman–Crippen MR) is 69.7 cm³/mol. The highest BCUT2D eigenvalue weighted by Crippen LogP contribution is 2.43. The summed E-state index contributed by atoms with van der Waals surface area (Å²) in [6, 6.07) is 8.98. The van der Waals surface area contributed by atoms with Crippen LogP contribution in [0.4, 0.5) is 0 Å². The van der Waals surface area contributed by atoms with Crippen molar-refractivity contribution < 1.29 is 0 Å². The summed E-state index contributed by atoms with van der Waals surface area (Å²) in [6.07, 6.45) is 3.79. The molecule has 0 fully saturated rings. The van der Waals surface area contributed by atoms with E-state index >= 15 is 0 Å². The molecule has 2 N–H and O–H groups in total. The first kappa shape index (κ1) is 11.7. The molecule has 0 aromatic heterocycles. The maximum Gasteiger partial charge on any atom is -0.00714 e. The summed E-state index contributed by atoms with van der Waals surface area (Å²) < 4.78 is 0. The van der Waals surface area contributed by atoms with Crippen LogP contribution in [0, 0.1) is 5.92 Å². The van der Waals surface area contributed by atoms with Crippen molar-refractivity contribution in [1.29, 1.82) is 0 Å². The summed E-state index contributed by atoms with van der Waals surface area (Å²) in [6.45, 7) is 5.49. The van der Waals surface area contributed by atoms with Gasteiger partial charge in [-0.2, -0.15) is 0 Å². The third-order valence-electron chi connectivity index (χ3n) is 3.98. The predicted octanol–water partition coefficient (Wildman–Crippen LogP) is 3.65. The van der Waals surface area contributed by atoms with Crippen LogP contribution in [0.25, 0.3) is 0 Å². The maximum atomic E-state index is 5.71. The van der Waals surface area contributed by atoms with Gasteiger partial charge in [0.05, 0.1) is 0 Å². The normalized spacial score (nSPS) is 24.5. The van der Waals surface area contributed by atoms with E-state index < -0.39 is 0 Å². The Morgan fingerprint density at radius 1 is 1.19 bits per heavy atom. The van der Waals surface area contributed by atoms with Gasteiger partial charge in [0.25, 0.3) is 0 Å². The molecule has 88 valence electrons. The third kappa shape index (κ3) is 2.15. The van der Waals surface area contributed by atoms with Crippen LogP contribution >= 0.6 is 0 Å². The number of nitrogens with two attached hydrogens (primary N) is 1. The Balaban J connectivity index is 2.32. The average Bonchev–Trinajstić information content (AvgIpc) is 2.29. The van der Waals surface area contributed by atoms with E-state index in [9.17, 15) is 0 Å². The van der Waals surface area contributed by atoms with Crippen molar-refractivity contribution in [2.24, 2.45) is 11.7 Å². The van der Waals surface area contributed by atoms with Crippen LogP contribution < -0.4 is 5.73 Å². The van der Waals surface area contributed by atoms with Crippen molar-refractivity contribution in [3.05, 3.63) is 35.4 Å². The molecule has 2 unspecified atom stereocenters. The first-order valence-corrected chi connectivity index (χ1v) is 6.53. The summed E-state index contributed by atoms with van der Waals surface area (Å²) in [5.41, 5.74) is 8.86. The number of hydrogen-bond acceptors (Lipinski definition) is 1. The second kappa shape index (κ2) is 5.01. The fourth-order valence-corrected chi connectivity index (χ4v) is 3.11. The van der Waals surface area contributed by atoms with Gasteiger partial charge in [-0.05, 0) is 54.7 Å². The monoisotopic (exact) mass is 217 g/mol. The minimum absolute atomic E-state index is 0.705. The molecule has 1 aromatic rings. The highest BCUT2D eigenvalue weighted by atomic mass is 14.5. The number of fused-ring (bicyclic) bond motifs is 1. The molecule has 1 nitrogen and oxygen atoms in total. The zero-order valence-corrected chi connectivity index (χ0v) is 10.4. The van der Waals surface area contributed by atoms with Gasteiger partial charge in [0, 0.05) is 0 Å². The van der Waals surface area contributed by atoms with E-state index in [-0.39, 0.29) is 0 Å². The van der Waals surface area contributed by atoms with Gasteiger partial charge in [-0.25, -0.2) is 0 Å². The lowest BCUT2D eigenvalue weighted by molar-refractivity contribution is 0.394. The van der Waals surface area contributed by atoms with Crippen LogP contribution in [0.2, 0.25) is 0 Å². The standard InChI is InChI=1S/C15H23N/c1-11(2)13-8-7-12(9-10-16)14-5-3-4-6-15(13)14/h3-6,11-13H,7-10,16H2,1-2H3. The van der Waals surface area contributed by atoms with Crippen molar-refractivity contribution in [2.45, 2.75) is 44.9 Å². The molecule has 0 radical (unpaired) electrons. The number of benzene rings is 1. The largest absolute Gasteiger partial charge is 0.330 e. The van der Waals surface area contributed by atoms with E-state index in [0.29, 0.717) is 5.92 Å². The van der Waals surface area contributed by atoms with Gasteiger partial charge >= 0.3 is 0 Å². The first-order valence-electron chi connectivity index (χ1n) is 6.53.